The molecule has 7 nitrogen and oxygen atoms in total. The SMILES string of the molecule is CCOC(=O)c1c(C)c(CCC(=O)N[C@H](C)c2ccc3c(c2)OCCO3)n(C)c1C. The van der Waals surface area contributed by atoms with Crippen LogP contribution in [0.2, 0.25) is 0 Å². The van der Waals surface area contributed by atoms with Crippen LogP contribution in [-0.2, 0) is 23.0 Å². The summed E-state index contributed by atoms with van der Waals surface area (Å²) in [4.78, 5) is 24.8. The lowest BCUT2D eigenvalue weighted by Gasteiger charge is -2.21. The van der Waals surface area contributed by atoms with Crippen molar-refractivity contribution in [1.82, 2.24) is 9.88 Å². The molecule has 2 heterocycles. The van der Waals surface area contributed by atoms with Gasteiger partial charge in [-0.15, -0.1) is 0 Å². The van der Waals surface area contributed by atoms with E-state index in [0.29, 0.717) is 44.0 Å². The highest BCUT2D eigenvalue weighted by Gasteiger charge is 2.22. The van der Waals surface area contributed by atoms with E-state index in [0.717, 1.165) is 28.3 Å². The number of aromatic nitrogens is 1. The van der Waals surface area contributed by atoms with E-state index in [1.165, 1.54) is 0 Å². The van der Waals surface area contributed by atoms with Gasteiger partial charge in [0.25, 0.3) is 0 Å². The van der Waals surface area contributed by atoms with Crippen molar-refractivity contribution in [2.24, 2.45) is 7.05 Å². The van der Waals surface area contributed by atoms with Crippen molar-refractivity contribution in [1.29, 1.82) is 0 Å². The maximum atomic E-state index is 12.6. The lowest BCUT2D eigenvalue weighted by Crippen LogP contribution is -2.27. The van der Waals surface area contributed by atoms with Gasteiger partial charge < -0.3 is 24.1 Å². The standard InChI is InChI=1S/C23H30N2O5/c1-6-28-23(27)22-14(2)18(25(5)16(22)4)8-10-21(26)24-15(3)17-7-9-19-20(13-17)30-12-11-29-19/h7,9,13,15H,6,8,10-12H2,1-5H3,(H,24,26)/t15-/m1/s1. The first-order valence-electron chi connectivity index (χ1n) is 10.3. The summed E-state index contributed by atoms with van der Waals surface area (Å²) in [5.41, 5.74) is 4.26. The number of amides is 1. The molecule has 1 aromatic carbocycles. The molecule has 0 fully saturated rings. The second-order valence-electron chi connectivity index (χ2n) is 7.50. The van der Waals surface area contributed by atoms with Gasteiger partial charge in [-0.2, -0.15) is 0 Å². The summed E-state index contributed by atoms with van der Waals surface area (Å²) in [5, 5.41) is 3.04. The number of esters is 1. The third kappa shape index (κ3) is 4.45. The fourth-order valence-electron chi connectivity index (χ4n) is 3.85. The molecule has 30 heavy (non-hydrogen) atoms. The number of fused-ring (bicyclic) bond motifs is 1. The van der Waals surface area contributed by atoms with Crippen molar-refractivity contribution in [2.75, 3.05) is 19.8 Å². The molecule has 0 unspecified atom stereocenters. The monoisotopic (exact) mass is 414 g/mol. The first-order valence-corrected chi connectivity index (χ1v) is 10.3. The fraction of sp³-hybridized carbons (Fsp3) is 0.478. The third-order valence-corrected chi connectivity index (χ3v) is 5.59. The highest BCUT2D eigenvalue weighted by Crippen LogP contribution is 2.32. The Labute approximate surface area is 177 Å². The van der Waals surface area contributed by atoms with Gasteiger partial charge in [-0.05, 0) is 57.4 Å². The number of carbonyl (C=O) groups is 2. The zero-order chi connectivity index (χ0) is 21.8. The normalized spacial score (nSPS) is 13.6. The van der Waals surface area contributed by atoms with E-state index >= 15 is 0 Å². The maximum absolute atomic E-state index is 12.6. The first-order chi connectivity index (χ1) is 14.3. The summed E-state index contributed by atoms with van der Waals surface area (Å²) in [6.45, 7) is 8.95. The molecule has 0 bridgehead atoms. The van der Waals surface area contributed by atoms with Gasteiger partial charge in [0.1, 0.15) is 13.2 Å². The zero-order valence-corrected chi connectivity index (χ0v) is 18.3. The predicted molar refractivity (Wildman–Crippen MR) is 113 cm³/mol. The van der Waals surface area contributed by atoms with Crippen LogP contribution in [0.4, 0.5) is 0 Å². The number of nitrogens with zero attached hydrogens (tertiary/aromatic N) is 1. The van der Waals surface area contributed by atoms with Crippen molar-refractivity contribution >= 4 is 11.9 Å². The van der Waals surface area contributed by atoms with Gasteiger partial charge in [-0.3, -0.25) is 4.79 Å². The molecule has 1 aromatic heterocycles. The van der Waals surface area contributed by atoms with Crippen LogP contribution >= 0.6 is 0 Å². The highest BCUT2D eigenvalue weighted by atomic mass is 16.6. The molecule has 1 aliphatic heterocycles. The van der Waals surface area contributed by atoms with Crippen LogP contribution in [-0.4, -0.2) is 36.3 Å². The summed E-state index contributed by atoms with van der Waals surface area (Å²) in [7, 11) is 1.91. The number of hydrogen-bond donors (Lipinski definition) is 1. The zero-order valence-electron chi connectivity index (χ0n) is 18.3. The minimum atomic E-state index is -0.314. The van der Waals surface area contributed by atoms with Gasteiger partial charge in [0.2, 0.25) is 5.91 Å². The van der Waals surface area contributed by atoms with Crippen LogP contribution in [0.3, 0.4) is 0 Å². The molecule has 0 spiro atoms. The number of ether oxygens (including phenoxy) is 3. The molecule has 0 aliphatic carbocycles. The minimum Gasteiger partial charge on any atom is -0.486 e. The van der Waals surface area contributed by atoms with Crippen LogP contribution in [0.15, 0.2) is 18.2 Å². The van der Waals surface area contributed by atoms with E-state index in [1.807, 2.05) is 50.6 Å². The molecule has 2 aromatic rings. The van der Waals surface area contributed by atoms with Crippen LogP contribution in [0, 0.1) is 13.8 Å². The Morgan fingerprint density at radius 1 is 1.20 bits per heavy atom. The molecular formula is C23H30N2O5. The number of benzene rings is 1. The van der Waals surface area contributed by atoms with Crippen LogP contribution in [0.5, 0.6) is 11.5 Å². The van der Waals surface area contributed by atoms with Crippen molar-refractivity contribution < 1.29 is 23.8 Å². The van der Waals surface area contributed by atoms with Crippen molar-refractivity contribution in [2.45, 2.75) is 46.6 Å². The van der Waals surface area contributed by atoms with E-state index in [1.54, 1.807) is 6.92 Å². The van der Waals surface area contributed by atoms with Gasteiger partial charge in [0.15, 0.2) is 11.5 Å². The molecule has 162 valence electrons. The van der Waals surface area contributed by atoms with Gasteiger partial charge >= 0.3 is 5.97 Å². The topological polar surface area (TPSA) is 78.8 Å². The minimum absolute atomic E-state index is 0.0478. The van der Waals surface area contributed by atoms with E-state index in [-0.39, 0.29) is 17.9 Å². The molecule has 1 aliphatic rings. The Bertz CT molecular complexity index is 948. The molecule has 0 saturated carbocycles. The molecule has 0 saturated heterocycles. The van der Waals surface area contributed by atoms with E-state index < -0.39 is 0 Å². The molecule has 3 rings (SSSR count). The van der Waals surface area contributed by atoms with E-state index in [2.05, 4.69) is 5.32 Å². The third-order valence-electron chi connectivity index (χ3n) is 5.59. The molecule has 1 N–H and O–H groups in total. The smallest absolute Gasteiger partial charge is 0.340 e. The Morgan fingerprint density at radius 2 is 1.90 bits per heavy atom. The lowest BCUT2D eigenvalue weighted by atomic mass is 10.1. The Balaban J connectivity index is 1.63. The molecular weight excluding hydrogens is 384 g/mol. The summed E-state index contributed by atoms with van der Waals surface area (Å²) < 4.78 is 18.3. The van der Waals surface area contributed by atoms with Gasteiger partial charge in [-0.1, -0.05) is 6.07 Å². The second-order valence-corrected chi connectivity index (χ2v) is 7.50. The maximum Gasteiger partial charge on any atom is 0.340 e. The molecule has 1 atom stereocenters. The van der Waals surface area contributed by atoms with Crippen molar-refractivity contribution in [3.05, 3.63) is 46.3 Å². The average Bonchev–Trinajstić information content (AvgIpc) is 2.94. The summed E-state index contributed by atoms with van der Waals surface area (Å²) in [6, 6.07) is 5.57. The summed E-state index contributed by atoms with van der Waals surface area (Å²) in [5.74, 6) is 1.08. The van der Waals surface area contributed by atoms with Crippen LogP contribution in [0.1, 0.15) is 59.2 Å². The van der Waals surface area contributed by atoms with E-state index in [9.17, 15) is 9.59 Å². The average molecular weight is 415 g/mol. The largest absolute Gasteiger partial charge is 0.486 e. The molecule has 1 amide bonds. The van der Waals surface area contributed by atoms with Gasteiger partial charge in [-0.25, -0.2) is 4.79 Å². The fourth-order valence-corrected chi connectivity index (χ4v) is 3.85. The Kier molecular flexibility index (Phi) is 6.70. The predicted octanol–water partition coefficient (Wildman–Crippen LogP) is 3.40. The van der Waals surface area contributed by atoms with Gasteiger partial charge in [0.05, 0.1) is 18.2 Å². The van der Waals surface area contributed by atoms with Crippen LogP contribution < -0.4 is 14.8 Å². The summed E-state index contributed by atoms with van der Waals surface area (Å²) in [6.07, 6.45) is 0.873. The number of carbonyl (C=O) groups excluding carboxylic acids is 2. The van der Waals surface area contributed by atoms with Crippen LogP contribution in [0.25, 0.3) is 0 Å². The molecule has 0 radical (unpaired) electrons. The Morgan fingerprint density at radius 3 is 2.60 bits per heavy atom. The number of rotatable bonds is 7. The summed E-state index contributed by atoms with van der Waals surface area (Å²) >= 11 is 0. The van der Waals surface area contributed by atoms with Crippen molar-refractivity contribution in [3.63, 3.8) is 0 Å². The Hall–Kier alpha value is -2.96. The molecule has 7 heteroatoms. The first kappa shape index (κ1) is 21.7. The number of hydrogen-bond acceptors (Lipinski definition) is 5. The van der Waals surface area contributed by atoms with Crippen molar-refractivity contribution in [3.8, 4) is 11.5 Å². The second kappa shape index (κ2) is 9.24. The number of nitrogens with one attached hydrogen (secondary N) is 1. The van der Waals surface area contributed by atoms with Gasteiger partial charge in [0, 0.05) is 24.9 Å². The lowest BCUT2D eigenvalue weighted by molar-refractivity contribution is -0.121. The van der Waals surface area contributed by atoms with E-state index in [4.69, 9.17) is 14.2 Å². The highest BCUT2D eigenvalue weighted by molar-refractivity contribution is 5.93. The quantitative estimate of drug-likeness (QED) is 0.703.